The second-order valence-corrected chi connectivity index (χ2v) is 6.54. The highest BCUT2D eigenvalue weighted by atomic mass is 127. The maximum absolute atomic E-state index is 4.47. The van der Waals surface area contributed by atoms with E-state index in [1.54, 1.807) is 0 Å². The molecule has 2 aliphatic heterocycles. The molecule has 1 N–H and O–H groups in total. The van der Waals surface area contributed by atoms with Crippen LogP contribution in [0.3, 0.4) is 0 Å². The molecule has 20 heavy (non-hydrogen) atoms. The Morgan fingerprint density at radius 2 is 2.15 bits per heavy atom. The molecule has 0 aromatic heterocycles. The maximum atomic E-state index is 4.47. The van der Waals surface area contributed by atoms with Crippen LogP contribution in [0, 0.1) is 5.41 Å². The second kappa shape index (κ2) is 7.82. The number of likely N-dealkylation sites (N-methyl/N-ethyl adjacent to an activating group) is 1. The van der Waals surface area contributed by atoms with Crippen LogP contribution in [0.4, 0.5) is 0 Å². The van der Waals surface area contributed by atoms with Crippen LogP contribution in [0.25, 0.3) is 0 Å². The SMILES string of the molecule is CCC1(C)CCN(C(=NC)NCC2CCCN2C)C1.I. The summed E-state index contributed by atoms with van der Waals surface area (Å²) in [6, 6.07) is 0.678. The molecule has 118 valence electrons. The van der Waals surface area contributed by atoms with Crippen molar-refractivity contribution < 1.29 is 0 Å². The number of nitrogens with zero attached hydrogens (tertiary/aromatic N) is 3. The van der Waals surface area contributed by atoms with E-state index in [0.717, 1.165) is 25.6 Å². The van der Waals surface area contributed by atoms with Crippen LogP contribution in [-0.2, 0) is 0 Å². The number of rotatable bonds is 3. The zero-order valence-corrected chi connectivity index (χ0v) is 15.8. The van der Waals surface area contributed by atoms with Gasteiger partial charge in [0.2, 0.25) is 0 Å². The lowest BCUT2D eigenvalue weighted by Crippen LogP contribution is -2.45. The van der Waals surface area contributed by atoms with Crippen molar-refractivity contribution in [1.82, 2.24) is 15.1 Å². The molecule has 0 aromatic rings. The summed E-state index contributed by atoms with van der Waals surface area (Å²) in [5.74, 6) is 1.09. The molecule has 2 rings (SSSR count). The topological polar surface area (TPSA) is 30.9 Å². The van der Waals surface area contributed by atoms with Gasteiger partial charge in [-0.25, -0.2) is 0 Å². The van der Waals surface area contributed by atoms with Gasteiger partial charge >= 0.3 is 0 Å². The van der Waals surface area contributed by atoms with Gasteiger partial charge in [-0.15, -0.1) is 24.0 Å². The van der Waals surface area contributed by atoms with E-state index in [0.29, 0.717) is 11.5 Å². The predicted molar refractivity (Wildman–Crippen MR) is 97.0 cm³/mol. The minimum atomic E-state index is 0. The summed E-state index contributed by atoms with van der Waals surface area (Å²) in [5, 5.41) is 3.58. The Kier molecular flexibility index (Phi) is 7.04. The summed E-state index contributed by atoms with van der Waals surface area (Å²) in [4.78, 5) is 9.36. The Morgan fingerprint density at radius 3 is 2.65 bits per heavy atom. The van der Waals surface area contributed by atoms with Gasteiger partial charge in [0, 0.05) is 32.7 Å². The van der Waals surface area contributed by atoms with Crippen LogP contribution in [-0.4, -0.2) is 62.1 Å². The molecular weight excluding hydrogens is 363 g/mol. The van der Waals surface area contributed by atoms with Gasteiger partial charge in [0.25, 0.3) is 0 Å². The molecule has 0 aromatic carbocycles. The summed E-state index contributed by atoms with van der Waals surface area (Å²) in [7, 11) is 4.13. The van der Waals surface area contributed by atoms with Crippen molar-refractivity contribution in [3.8, 4) is 0 Å². The molecule has 0 aliphatic carbocycles. The van der Waals surface area contributed by atoms with Gasteiger partial charge in [-0.2, -0.15) is 0 Å². The normalized spacial score (nSPS) is 31.5. The minimum absolute atomic E-state index is 0. The highest BCUT2D eigenvalue weighted by Crippen LogP contribution is 2.32. The van der Waals surface area contributed by atoms with Crippen molar-refractivity contribution in [2.75, 3.05) is 40.3 Å². The van der Waals surface area contributed by atoms with Gasteiger partial charge in [0.05, 0.1) is 0 Å². The van der Waals surface area contributed by atoms with Gasteiger partial charge < -0.3 is 15.1 Å². The van der Waals surface area contributed by atoms with Crippen LogP contribution in [0.1, 0.15) is 39.5 Å². The van der Waals surface area contributed by atoms with E-state index in [9.17, 15) is 0 Å². The van der Waals surface area contributed by atoms with E-state index >= 15 is 0 Å². The number of hydrogen-bond donors (Lipinski definition) is 1. The Morgan fingerprint density at radius 1 is 1.40 bits per heavy atom. The van der Waals surface area contributed by atoms with Crippen molar-refractivity contribution in [2.24, 2.45) is 10.4 Å². The smallest absolute Gasteiger partial charge is 0.193 e. The number of guanidine groups is 1. The van der Waals surface area contributed by atoms with Gasteiger partial charge in [0.15, 0.2) is 5.96 Å². The van der Waals surface area contributed by atoms with Crippen LogP contribution in [0.5, 0.6) is 0 Å². The maximum Gasteiger partial charge on any atom is 0.193 e. The fraction of sp³-hybridized carbons (Fsp3) is 0.933. The molecule has 0 amide bonds. The highest BCUT2D eigenvalue weighted by Gasteiger charge is 2.33. The molecule has 2 heterocycles. The molecule has 4 nitrogen and oxygen atoms in total. The van der Waals surface area contributed by atoms with E-state index in [1.807, 2.05) is 7.05 Å². The van der Waals surface area contributed by atoms with E-state index in [-0.39, 0.29) is 24.0 Å². The zero-order chi connectivity index (χ0) is 13.9. The quantitative estimate of drug-likeness (QED) is 0.453. The Balaban J connectivity index is 0.00000200. The number of halogens is 1. The summed E-state index contributed by atoms with van der Waals surface area (Å²) < 4.78 is 0. The summed E-state index contributed by atoms with van der Waals surface area (Å²) >= 11 is 0. The lowest BCUT2D eigenvalue weighted by molar-refractivity contribution is 0.301. The Labute approximate surface area is 141 Å². The third kappa shape index (κ3) is 4.23. The van der Waals surface area contributed by atoms with E-state index in [2.05, 4.69) is 41.0 Å². The minimum Gasteiger partial charge on any atom is -0.355 e. The summed E-state index contributed by atoms with van der Waals surface area (Å²) in [5.41, 5.74) is 0.474. The van der Waals surface area contributed by atoms with Crippen molar-refractivity contribution >= 4 is 29.9 Å². The molecule has 0 bridgehead atoms. The first kappa shape index (κ1) is 18.0. The van der Waals surface area contributed by atoms with Gasteiger partial charge in [-0.05, 0) is 44.7 Å². The largest absolute Gasteiger partial charge is 0.355 e. The molecule has 2 saturated heterocycles. The van der Waals surface area contributed by atoms with Crippen LogP contribution >= 0.6 is 24.0 Å². The van der Waals surface area contributed by atoms with Gasteiger partial charge in [0.1, 0.15) is 0 Å². The number of aliphatic imine (C=N–C) groups is 1. The van der Waals surface area contributed by atoms with E-state index < -0.39 is 0 Å². The number of nitrogens with one attached hydrogen (secondary N) is 1. The van der Waals surface area contributed by atoms with Crippen molar-refractivity contribution in [3.63, 3.8) is 0 Å². The van der Waals surface area contributed by atoms with Crippen molar-refractivity contribution in [3.05, 3.63) is 0 Å². The lowest BCUT2D eigenvalue weighted by Gasteiger charge is -2.27. The van der Waals surface area contributed by atoms with Gasteiger partial charge in [-0.3, -0.25) is 4.99 Å². The molecule has 0 radical (unpaired) electrons. The fourth-order valence-corrected chi connectivity index (χ4v) is 3.27. The van der Waals surface area contributed by atoms with Crippen molar-refractivity contribution in [2.45, 2.75) is 45.6 Å². The first-order valence-electron chi connectivity index (χ1n) is 7.74. The molecular formula is C15H31IN4. The zero-order valence-electron chi connectivity index (χ0n) is 13.5. The molecule has 0 spiro atoms. The second-order valence-electron chi connectivity index (χ2n) is 6.54. The first-order valence-corrected chi connectivity index (χ1v) is 7.74. The molecule has 0 saturated carbocycles. The number of likely N-dealkylation sites (tertiary alicyclic amines) is 2. The summed E-state index contributed by atoms with van der Waals surface area (Å²) in [6.07, 6.45) is 5.19. The Bertz CT molecular complexity index is 334. The van der Waals surface area contributed by atoms with Gasteiger partial charge in [-0.1, -0.05) is 13.8 Å². The molecule has 2 atom stereocenters. The molecule has 5 heteroatoms. The predicted octanol–water partition coefficient (Wildman–Crippen LogP) is 2.40. The third-order valence-corrected chi connectivity index (χ3v) is 5.09. The fourth-order valence-electron chi connectivity index (χ4n) is 3.27. The summed E-state index contributed by atoms with van der Waals surface area (Å²) in [6.45, 7) is 9.25. The average molecular weight is 394 g/mol. The highest BCUT2D eigenvalue weighted by molar-refractivity contribution is 14.0. The average Bonchev–Trinajstić information content (AvgIpc) is 2.98. The lowest BCUT2D eigenvalue weighted by atomic mass is 9.87. The molecule has 2 aliphatic rings. The van der Waals surface area contributed by atoms with E-state index in [1.165, 1.54) is 32.2 Å². The first-order chi connectivity index (χ1) is 9.08. The van der Waals surface area contributed by atoms with E-state index in [4.69, 9.17) is 0 Å². The standard InChI is InChI=1S/C15H30N4.HI/c1-5-15(2)8-10-19(12-15)14(16-3)17-11-13-7-6-9-18(13)4;/h13H,5-12H2,1-4H3,(H,16,17);1H. The Hall–Kier alpha value is -0.0400. The van der Waals surface area contributed by atoms with Crippen LogP contribution < -0.4 is 5.32 Å². The monoisotopic (exact) mass is 394 g/mol. The van der Waals surface area contributed by atoms with Crippen LogP contribution in [0.15, 0.2) is 4.99 Å². The van der Waals surface area contributed by atoms with Crippen LogP contribution in [0.2, 0.25) is 0 Å². The van der Waals surface area contributed by atoms with Crippen molar-refractivity contribution in [1.29, 1.82) is 0 Å². The molecule has 2 unspecified atom stereocenters. The molecule has 2 fully saturated rings. The number of hydrogen-bond acceptors (Lipinski definition) is 2. The third-order valence-electron chi connectivity index (χ3n) is 5.09.